The Labute approximate surface area is 129 Å². The molecule has 0 bridgehead atoms. The van der Waals surface area contributed by atoms with Gasteiger partial charge in [-0.1, -0.05) is 58.4 Å². The van der Waals surface area contributed by atoms with Crippen LogP contribution in [0.4, 0.5) is 0 Å². The van der Waals surface area contributed by atoms with Crippen LogP contribution in [0.3, 0.4) is 0 Å². The van der Waals surface area contributed by atoms with Crippen molar-refractivity contribution < 1.29 is 0 Å². The maximum atomic E-state index is 3.60. The third kappa shape index (κ3) is 2.55. The van der Waals surface area contributed by atoms with E-state index in [0.717, 1.165) is 6.54 Å². The molecule has 1 N–H and O–H groups in total. The summed E-state index contributed by atoms with van der Waals surface area (Å²) in [6.45, 7) is 1.05. The largest absolute Gasteiger partial charge is 0.319 e. The Morgan fingerprint density at radius 1 is 1.10 bits per heavy atom. The zero-order chi connectivity index (χ0) is 14.0. The summed E-state index contributed by atoms with van der Waals surface area (Å²) in [5.41, 5.74) is 3.22. The highest BCUT2D eigenvalue weighted by molar-refractivity contribution is 9.10. The van der Waals surface area contributed by atoms with Crippen molar-refractivity contribution in [1.29, 1.82) is 0 Å². The van der Waals surface area contributed by atoms with Crippen LogP contribution in [-0.2, 0) is 5.41 Å². The molecule has 0 radical (unpaired) electrons. The van der Waals surface area contributed by atoms with Crippen molar-refractivity contribution in [2.24, 2.45) is 0 Å². The van der Waals surface area contributed by atoms with E-state index in [4.69, 9.17) is 0 Å². The van der Waals surface area contributed by atoms with E-state index in [1.165, 1.54) is 28.4 Å². The van der Waals surface area contributed by atoms with Crippen LogP contribution in [0.2, 0.25) is 0 Å². The molecule has 0 unspecified atom stereocenters. The van der Waals surface area contributed by atoms with Gasteiger partial charge in [0.25, 0.3) is 0 Å². The van der Waals surface area contributed by atoms with Gasteiger partial charge < -0.3 is 5.32 Å². The number of hydrogen-bond acceptors (Lipinski definition) is 1. The van der Waals surface area contributed by atoms with E-state index in [1.54, 1.807) is 0 Å². The average molecular weight is 330 g/mol. The molecule has 0 amide bonds. The van der Waals surface area contributed by atoms with Crippen molar-refractivity contribution in [1.82, 2.24) is 5.32 Å². The molecule has 2 heteroatoms. The predicted molar refractivity (Wildman–Crippen MR) is 88.2 cm³/mol. The summed E-state index contributed by atoms with van der Waals surface area (Å²) in [6, 6.07) is 19.7. The molecule has 1 aliphatic carbocycles. The molecule has 0 aromatic heterocycles. The molecule has 1 nitrogen and oxygen atoms in total. The second kappa shape index (κ2) is 5.71. The van der Waals surface area contributed by atoms with Gasteiger partial charge in [-0.05, 0) is 49.1 Å². The third-order valence-corrected chi connectivity index (χ3v) is 4.99. The van der Waals surface area contributed by atoms with E-state index in [-0.39, 0.29) is 0 Å². The molecular formula is C18H20BrN. The number of benzene rings is 2. The van der Waals surface area contributed by atoms with Crippen molar-refractivity contribution in [3.63, 3.8) is 0 Å². The minimum atomic E-state index is 0.291. The van der Waals surface area contributed by atoms with Gasteiger partial charge in [-0.15, -0.1) is 0 Å². The molecule has 0 saturated heterocycles. The molecule has 20 heavy (non-hydrogen) atoms. The summed E-state index contributed by atoms with van der Waals surface area (Å²) in [6.07, 6.45) is 2.46. The quantitative estimate of drug-likeness (QED) is 0.871. The molecule has 1 fully saturated rings. The molecule has 0 heterocycles. The Kier molecular flexibility index (Phi) is 3.95. The Balaban J connectivity index is 1.83. The normalized spacial score (nSPS) is 25.2. The minimum absolute atomic E-state index is 0.291. The number of likely N-dealkylation sites (N-methyl/N-ethyl adjacent to an activating group) is 1. The summed E-state index contributed by atoms with van der Waals surface area (Å²) in [4.78, 5) is 0. The summed E-state index contributed by atoms with van der Waals surface area (Å²) in [7, 11) is 2.05. The second-order valence-corrected chi connectivity index (χ2v) is 6.75. The summed E-state index contributed by atoms with van der Waals surface area (Å²) in [5.74, 6) is 0.698. The second-order valence-electron chi connectivity index (χ2n) is 5.84. The summed E-state index contributed by atoms with van der Waals surface area (Å²) < 4.78 is 1.17. The smallest absolute Gasteiger partial charge is 0.0178 e. The van der Waals surface area contributed by atoms with Crippen molar-refractivity contribution in [2.75, 3.05) is 13.6 Å². The van der Waals surface area contributed by atoms with Gasteiger partial charge in [0.1, 0.15) is 0 Å². The van der Waals surface area contributed by atoms with Crippen molar-refractivity contribution >= 4 is 15.9 Å². The molecular weight excluding hydrogens is 310 g/mol. The first-order chi connectivity index (χ1) is 9.73. The Hall–Kier alpha value is -1.12. The van der Waals surface area contributed by atoms with E-state index in [2.05, 4.69) is 82.9 Å². The van der Waals surface area contributed by atoms with Crippen LogP contribution >= 0.6 is 15.9 Å². The minimum Gasteiger partial charge on any atom is -0.319 e. The highest BCUT2D eigenvalue weighted by Crippen LogP contribution is 2.52. The topological polar surface area (TPSA) is 12.0 Å². The van der Waals surface area contributed by atoms with Gasteiger partial charge in [0, 0.05) is 16.4 Å². The molecule has 2 aromatic rings. The highest BCUT2D eigenvalue weighted by atomic mass is 79.9. The fourth-order valence-corrected chi connectivity index (χ4v) is 3.88. The fraction of sp³-hybridized carbons (Fsp3) is 0.333. The molecule has 3 rings (SSSR count). The maximum Gasteiger partial charge on any atom is 0.0178 e. The predicted octanol–water partition coefficient (Wildman–Crippen LogP) is 4.48. The van der Waals surface area contributed by atoms with Crippen molar-refractivity contribution in [2.45, 2.75) is 24.2 Å². The van der Waals surface area contributed by atoms with E-state index in [9.17, 15) is 0 Å². The van der Waals surface area contributed by atoms with Crippen molar-refractivity contribution in [3.8, 4) is 0 Å². The van der Waals surface area contributed by atoms with Gasteiger partial charge in [-0.2, -0.15) is 0 Å². The molecule has 0 spiro atoms. The number of hydrogen-bond donors (Lipinski definition) is 1. The zero-order valence-corrected chi connectivity index (χ0v) is 13.4. The Morgan fingerprint density at radius 2 is 1.85 bits per heavy atom. The molecule has 0 atom stereocenters. The van der Waals surface area contributed by atoms with Gasteiger partial charge >= 0.3 is 0 Å². The first-order valence-electron chi connectivity index (χ1n) is 7.19. The molecule has 0 aliphatic heterocycles. The molecule has 104 valence electrons. The number of halogens is 1. The standard InChI is InChI=1S/C18H20BrN/c1-20-13-18(16-8-5-9-17(19)10-16)11-15(12-18)14-6-3-2-4-7-14/h2-10,15,20H,11-13H2,1H3. The summed E-state index contributed by atoms with van der Waals surface area (Å²) >= 11 is 3.60. The lowest BCUT2D eigenvalue weighted by Gasteiger charge is -2.49. The Morgan fingerprint density at radius 3 is 2.50 bits per heavy atom. The molecule has 1 aliphatic rings. The lowest BCUT2D eigenvalue weighted by molar-refractivity contribution is 0.198. The van der Waals surface area contributed by atoms with Gasteiger partial charge in [0.15, 0.2) is 0 Å². The Bertz CT molecular complexity index is 573. The summed E-state index contributed by atoms with van der Waals surface area (Å²) in [5, 5.41) is 3.39. The van der Waals surface area contributed by atoms with E-state index in [1.807, 2.05) is 0 Å². The van der Waals surface area contributed by atoms with Crippen LogP contribution in [-0.4, -0.2) is 13.6 Å². The SMILES string of the molecule is CNCC1(c2cccc(Br)c2)CC(c2ccccc2)C1. The zero-order valence-electron chi connectivity index (χ0n) is 11.8. The first-order valence-corrected chi connectivity index (χ1v) is 7.98. The maximum absolute atomic E-state index is 3.60. The van der Waals surface area contributed by atoms with Crippen LogP contribution in [0.5, 0.6) is 0 Å². The van der Waals surface area contributed by atoms with Crippen LogP contribution in [0.25, 0.3) is 0 Å². The van der Waals surface area contributed by atoms with Crippen molar-refractivity contribution in [3.05, 3.63) is 70.2 Å². The number of rotatable bonds is 4. The van der Waals surface area contributed by atoms with Gasteiger partial charge in [-0.3, -0.25) is 0 Å². The molecule has 2 aromatic carbocycles. The lowest BCUT2D eigenvalue weighted by atomic mass is 9.57. The van der Waals surface area contributed by atoms with Gasteiger partial charge in [0.2, 0.25) is 0 Å². The highest BCUT2D eigenvalue weighted by Gasteiger charge is 2.45. The fourth-order valence-electron chi connectivity index (χ4n) is 3.48. The van der Waals surface area contributed by atoms with E-state index in [0.29, 0.717) is 11.3 Å². The van der Waals surface area contributed by atoms with Gasteiger partial charge in [0.05, 0.1) is 0 Å². The van der Waals surface area contributed by atoms with Gasteiger partial charge in [-0.25, -0.2) is 0 Å². The third-order valence-electron chi connectivity index (χ3n) is 4.50. The van der Waals surface area contributed by atoms with E-state index < -0.39 is 0 Å². The lowest BCUT2D eigenvalue weighted by Crippen LogP contribution is -2.46. The van der Waals surface area contributed by atoms with Crippen LogP contribution in [0.1, 0.15) is 29.9 Å². The first kappa shape index (κ1) is 13.8. The monoisotopic (exact) mass is 329 g/mol. The van der Waals surface area contributed by atoms with E-state index >= 15 is 0 Å². The van der Waals surface area contributed by atoms with Crippen LogP contribution < -0.4 is 5.32 Å². The average Bonchev–Trinajstić information content (AvgIpc) is 2.43. The number of nitrogens with one attached hydrogen (secondary N) is 1. The van der Waals surface area contributed by atoms with Crippen LogP contribution in [0, 0.1) is 0 Å². The van der Waals surface area contributed by atoms with Crippen LogP contribution in [0.15, 0.2) is 59.1 Å². The molecule has 1 saturated carbocycles.